The van der Waals surface area contributed by atoms with Crippen LogP contribution in [0.25, 0.3) is 16.7 Å². The monoisotopic (exact) mass is 340 g/mol. The van der Waals surface area contributed by atoms with E-state index in [0.29, 0.717) is 34.8 Å². The van der Waals surface area contributed by atoms with Crippen molar-refractivity contribution in [2.75, 3.05) is 13.7 Å². The van der Waals surface area contributed by atoms with Crippen LogP contribution in [0.4, 0.5) is 0 Å². The highest BCUT2D eigenvalue weighted by Gasteiger charge is 2.23. The summed E-state index contributed by atoms with van der Waals surface area (Å²) in [5.41, 5.74) is 2.34. The Labute approximate surface area is 147 Å². The largest absolute Gasteiger partial charge is 0.505 e. The third-order valence-electron chi connectivity index (χ3n) is 3.94. The summed E-state index contributed by atoms with van der Waals surface area (Å²) in [5, 5.41) is 19.7. The van der Waals surface area contributed by atoms with Gasteiger partial charge in [-0.15, -0.1) is 15.0 Å². The van der Waals surface area contributed by atoms with E-state index in [2.05, 4.69) is 17.1 Å². The number of benzene rings is 2. The summed E-state index contributed by atoms with van der Waals surface area (Å²) in [6, 6.07) is 9.00. The lowest BCUT2D eigenvalue weighted by Crippen LogP contribution is -2.13. The lowest BCUT2D eigenvalue weighted by molar-refractivity contribution is 0.356. The van der Waals surface area contributed by atoms with Crippen LogP contribution in [-0.4, -0.2) is 33.8 Å². The molecule has 0 unspecified atom stereocenters. The third kappa shape index (κ3) is 3.24. The lowest BCUT2D eigenvalue weighted by Gasteiger charge is -2.22. The molecule has 0 aliphatic heterocycles. The molecule has 1 radical (unpaired) electrons. The van der Waals surface area contributed by atoms with E-state index in [1.165, 1.54) is 4.80 Å². The van der Waals surface area contributed by atoms with Gasteiger partial charge in [0.05, 0.1) is 13.7 Å². The Morgan fingerprint density at radius 1 is 1.08 bits per heavy atom. The molecule has 0 bridgehead atoms. The van der Waals surface area contributed by atoms with Crippen molar-refractivity contribution >= 4 is 11.0 Å². The van der Waals surface area contributed by atoms with Crippen LogP contribution in [0.2, 0.25) is 0 Å². The van der Waals surface area contributed by atoms with E-state index in [1.807, 2.05) is 39.0 Å². The molecule has 0 saturated carbocycles. The third-order valence-corrected chi connectivity index (χ3v) is 3.94. The van der Waals surface area contributed by atoms with Gasteiger partial charge in [0, 0.05) is 17.7 Å². The Balaban J connectivity index is 2.20. The molecule has 3 rings (SSSR count). The molecule has 0 aliphatic rings. The normalized spacial score (nSPS) is 11.7. The Kier molecular flexibility index (Phi) is 4.29. The van der Waals surface area contributed by atoms with Gasteiger partial charge in [0.15, 0.2) is 0 Å². The fourth-order valence-corrected chi connectivity index (χ4v) is 2.65. The second kappa shape index (κ2) is 6.27. The van der Waals surface area contributed by atoms with Gasteiger partial charge in [-0.3, -0.25) is 0 Å². The number of phenols is 1. The topological polar surface area (TPSA) is 69.4 Å². The molecule has 3 aromatic rings. The van der Waals surface area contributed by atoms with Gasteiger partial charge in [-0.2, -0.15) is 0 Å². The van der Waals surface area contributed by atoms with Crippen LogP contribution >= 0.6 is 0 Å². The van der Waals surface area contributed by atoms with Gasteiger partial charge in [0.25, 0.3) is 0 Å². The van der Waals surface area contributed by atoms with Crippen molar-refractivity contribution < 1.29 is 14.6 Å². The minimum Gasteiger partial charge on any atom is -0.505 e. The molecule has 2 aromatic carbocycles. The highest BCUT2D eigenvalue weighted by atomic mass is 16.5. The number of aromatic hydroxyl groups is 1. The zero-order valence-corrected chi connectivity index (χ0v) is 14.9. The van der Waals surface area contributed by atoms with Gasteiger partial charge in [0.2, 0.25) is 0 Å². The van der Waals surface area contributed by atoms with Crippen molar-refractivity contribution in [1.29, 1.82) is 0 Å². The van der Waals surface area contributed by atoms with Gasteiger partial charge in [0.1, 0.15) is 34.0 Å². The lowest BCUT2D eigenvalue weighted by atomic mass is 9.86. The van der Waals surface area contributed by atoms with Crippen molar-refractivity contribution in [3.8, 4) is 22.9 Å². The van der Waals surface area contributed by atoms with Crippen LogP contribution in [0.3, 0.4) is 0 Å². The molecule has 25 heavy (non-hydrogen) atoms. The van der Waals surface area contributed by atoms with E-state index in [1.54, 1.807) is 19.2 Å². The van der Waals surface area contributed by atoms with Gasteiger partial charge in [-0.25, -0.2) is 0 Å². The molecular weight excluding hydrogens is 318 g/mol. The zero-order valence-electron chi connectivity index (χ0n) is 14.9. The van der Waals surface area contributed by atoms with Gasteiger partial charge >= 0.3 is 0 Å². The molecular formula is C19H22N3O3. The molecule has 1 heterocycles. The van der Waals surface area contributed by atoms with Crippen LogP contribution in [0.5, 0.6) is 17.2 Å². The molecule has 0 atom stereocenters. The van der Waals surface area contributed by atoms with Crippen LogP contribution in [-0.2, 0) is 5.41 Å². The first kappa shape index (κ1) is 17.1. The van der Waals surface area contributed by atoms with E-state index in [4.69, 9.17) is 9.47 Å². The molecule has 0 fully saturated rings. The van der Waals surface area contributed by atoms with Crippen molar-refractivity contribution in [2.45, 2.75) is 26.2 Å². The first-order valence-corrected chi connectivity index (χ1v) is 8.04. The van der Waals surface area contributed by atoms with Crippen LogP contribution in [0.1, 0.15) is 26.3 Å². The first-order chi connectivity index (χ1) is 11.8. The maximum absolute atomic E-state index is 10.8. The number of methoxy groups -OCH3 is 1. The Morgan fingerprint density at radius 3 is 2.44 bits per heavy atom. The van der Waals surface area contributed by atoms with E-state index >= 15 is 0 Å². The summed E-state index contributed by atoms with van der Waals surface area (Å²) in [5.74, 6) is 1.45. The summed E-state index contributed by atoms with van der Waals surface area (Å²) in [6.45, 7) is 10.1. The fourth-order valence-electron chi connectivity index (χ4n) is 2.65. The van der Waals surface area contributed by atoms with E-state index in [0.717, 1.165) is 5.56 Å². The first-order valence-electron chi connectivity index (χ1n) is 8.04. The van der Waals surface area contributed by atoms with Crippen molar-refractivity contribution in [2.24, 2.45) is 0 Å². The predicted octanol–water partition coefficient (Wildman–Crippen LogP) is 3.65. The average Bonchev–Trinajstić information content (AvgIpc) is 2.98. The number of rotatable bonds is 4. The minimum atomic E-state index is -0.269. The molecule has 131 valence electrons. The zero-order chi connectivity index (χ0) is 18.2. The minimum absolute atomic E-state index is 0.135. The SMILES string of the molecule is [CH2]COc1cc(-n2nc3ccc(OC)cc3n2)c(O)c(C(C)(C)C)c1. The fraction of sp³-hybridized carbons (Fsp3) is 0.316. The van der Waals surface area contributed by atoms with Crippen LogP contribution in [0.15, 0.2) is 30.3 Å². The van der Waals surface area contributed by atoms with Crippen molar-refractivity contribution in [3.05, 3.63) is 42.8 Å². The Morgan fingerprint density at radius 2 is 1.80 bits per heavy atom. The van der Waals surface area contributed by atoms with Gasteiger partial charge in [-0.1, -0.05) is 20.8 Å². The summed E-state index contributed by atoms with van der Waals surface area (Å²) in [7, 11) is 1.60. The number of aromatic nitrogens is 3. The summed E-state index contributed by atoms with van der Waals surface area (Å²) < 4.78 is 10.8. The standard InChI is InChI=1S/C19H22N3O3/c1-6-25-13-9-14(19(2,3)4)18(23)17(11-13)22-20-15-8-7-12(24-5)10-16(15)21-22/h7-11,23H,1,6H2,2-5H3. The maximum atomic E-state index is 10.8. The van der Waals surface area contributed by atoms with Crippen molar-refractivity contribution in [3.63, 3.8) is 0 Å². The number of nitrogens with zero attached hydrogens (tertiary/aromatic N) is 3. The number of phenolic OH excluding ortho intramolecular Hbond substituents is 1. The van der Waals surface area contributed by atoms with E-state index < -0.39 is 0 Å². The van der Waals surface area contributed by atoms with Gasteiger partial charge in [-0.05, 0) is 30.5 Å². The Bertz CT molecular complexity index is 910. The molecule has 1 N–H and O–H groups in total. The second-order valence-electron chi connectivity index (χ2n) is 6.78. The maximum Gasteiger partial charge on any atom is 0.147 e. The van der Waals surface area contributed by atoms with Crippen LogP contribution in [0, 0.1) is 6.92 Å². The molecule has 0 amide bonds. The highest BCUT2D eigenvalue weighted by molar-refractivity contribution is 5.76. The average molecular weight is 340 g/mol. The molecule has 1 aromatic heterocycles. The second-order valence-corrected chi connectivity index (χ2v) is 6.78. The smallest absolute Gasteiger partial charge is 0.147 e. The quantitative estimate of drug-likeness (QED) is 0.785. The number of hydrogen-bond acceptors (Lipinski definition) is 5. The summed E-state index contributed by atoms with van der Waals surface area (Å²) >= 11 is 0. The summed E-state index contributed by atoms with van der Waals surface area (Å²) in [4.78, 5) is 1.42. The number of ether oxygens (including phenoxy) is 2. The molecule has 6 nitrogen and oxygen atoms in total. The predicted molar refractivity (Wildman–Crippen MR) is 96.6 cm³/mol. The molecule has 6 heteroatoms. The Hall–Kier alpha value is -2.76. The molecule has 0 saturated heterocycles. The molecule has 0 aliphatic carbocycles. The number of fused-ring (bicyclic) bond motifs is 1. The van der Waals surface area contributed by atoms with Crippen LogP contribution < -0.4 is 9.47 Å². The molecule has 0 spiro atoms. The highest BCUT2D eigenvalue weighted by Crippen LogP contribution is 2.38. The summed E-state index contributed by atoms with van der Waals surface area (Å²) in [6.07, 6.45) is 0. The van der Waals surface area contributed by atoms with E-state index in [9.17, 15) is 5.11 Å². The number of hydrogen-bond donors (Lipinski definition) is 1. The van der Waals surface area contributed by atoms with Gasteiger partial charge < -0.3 is 14.6 Å². The van der Waals surface area contributed by atoms with E-state index in [-0.39, 0.29) is 11.2 Å². The van der Waals surface area contributed by atoms with Crippen molar-refractivity contribution in [1.82, 2.24) is 15.0 Å².